The van der Waals surface area contributed by atoms with Gasteiger partial charge >= 0.3 is 5.97 Å². The van der Waals surface area contributed by atoms with Gasteiger partial charge in [0.2, 0.25) is 5.88 Å². The van der Waals surface area contributed by atoms with Crippen molar-refractivity contribution in [2.45, 2.75) is 45.6 Å². The van der Waals surface area contributed by atoms with Crippen molar-refractivity contribution >= 4 is 5.97 Å². The summed E-state index contributed by atoms with van der Waals surface area (Å²) >= 11 is 0. The lowest BCUT2D eigenvalue weighted by Gasteiger charge is -2.28. The molecule has 0 aromatic heterocycles. The summed E-state index contributed by atoms with van der Waals surface area (Å²) in [5.41, 5.74) is 8.55. The molecule has 6 nitrogen and oxygen atoms in total. The monoisotopic (exact) mass is 381 g/mol. The highest BCUT2D eigenvalue weighted by atomic mass is 16.5. The van der Waals surface area contributed by atoms with Crippen LogP contribution in [0.1, 0.15) is 50.2 Å². The molecule has 1 unspecified atom stereocenters. The molecule has 1 atom stereocenters. The van der Waals surface area contributed by atoms with Gasteiger partial charge in [0, 0.05) is 6.54 Å². The third-order valence-electron chi connectivity index (χ3n) is 5.24. The average Bonchev–Trinajstić information content (AvgIpc) is 2.68. The summed E-state index contributed by atoms with van der Waals surface area (Å²) in [5, 5.41) is 9.69. The zero-order valence-electron chi connectivity index (χ0n) is 16.5. The maximum atomic E-state index is 12.6. The standard InChI is InChI=1S/C22H27N3O3/c1-3-27-22(26)19-15(2)28-21(24)18(13-23)20(19)17-9-7-8-16(12-17)14-25-10-5-4-6-11-25/h7-9,12,20H,3-6,10-11,14,24H2,1-2H3. The zero-order chi connectivity index (χ0) is 20.1. The van der Waals surface area contributed by atoms with Gasteiger partial charge in [-0.2, -0.15) is 5.26 Å². The second-order valence-electron chi connectivity index (χ2n) is 7.20. The molecule has 3 rings (SSSR count). The largest absolute Gasteiger partial charge is 0.463 e. The Kier molecular flexibility index (Phi) is 6.37. The van der Waals surface area contributed by atoms with Gasteiger partial charge in [0.25, 0.3) is 0 Å². The van der Waals surface area contributed by atoms with Gasteiger partial charge < -0.3 is 15.2 Å². The summed E-state index contributed by atoms with van der Waals surface area (Å²) in [6, 6.07) is 10.2. The number of nitriles is 1. The van der Waals surface area contributed by atoms with Crippen LogP contribution in [0.5, 0.6) is 0 Å². The minimum absolute atomic E-state index is 0.0412. The summed E-state index contributed by atoms with van der Waals surface area (Å²) < 4.78 is 10.7. The highest BCUT2D eigenvalue weighted by molar-refractivity contribution is 5.92. The number of esters is 1. The molecular weight excluding hydrogens is 354 g/mol. The number of hydrogen-bond acceptors (Lipinski definition) is 6. The Balaban J connectivity index is 1.97. The summed E-state index contributed by atoms with van der Waals surface area (Å²) in [7, 11) is 0. The van der Waals surface area contributed by atoms with Crippen LogP contribution in [0.25, 0.3) is 0 Å². The van der Waals surface area contributed by atoms with E-state index in [0.29, 0.717) is 11.3 Å². The Morgan fingerprint density at radius 2 is 2.11 bits per heavy atom. The topological polar surface area (TPSA) is 88.6 Å². The molecule has 2 N–H and O–H groups in total. The molecule has 0 aliphatic carbocycles. The van der Waals surface area contributed by atoms with E-state index in [2.05, 4.69) is 23.1 Å². The summed E-state index contributed by atoms with van der Waals surface area (Å²) in [5.74, 6) is -0.647. The van der Waals surface area contributed by atoms with Crippen LogP contribution in [0.2, 0.25) is 0 Å². The van der Waals surface area contributed by atoms with Crippen molar-refractivity contribution < 1.29 is 14.3 Å². The Labute approximate surface area is 166 Å². The fourth-order valence-corrected chi connectivity index (χ4v) is 3.93. The maximum absolute atomic E-state index is 12.6. The third-order valence-corrected chi connectivity index (χ3v) is 5.24. The number of carbonyl (C=O) groups is 1. The predicted octanol–water partition coefficient (Wildman–Crippen LogP) is 3.32. The number of allylic oxidation sites excluding steroid dienone is 2. The molecule has 28 heavy (non-hydrogen) atoms. The van der Waals surface area contributed by atoms with Crippen LogP contribution >= 0.6 is 0 Å². The number of piperidine rings is 1. The van der Waals surface area contributed by atoms with Gasteiger partial charge in [0.15, 0.2) is 0 Å². The average molecular weight is 381 g/mol. The zero-order valence-corrected chi connectivity index (χ0v) is 16.5. The maximum Gasteiger partial charge on any atom is 0.338 e. The minimum Gasteiger partial charge on any atom is -0.463 e. The number of rotatable bonds is 5. The van der Waals surface area contributed by atoms with Crippen LogP contribution in [0.4, 0.5) is 0 Å². The van der Waals surface area contributed by atoms with E-state index in [1.54, 1.807) is 13.8 Å². The number of nitrogens with zero attached hydrogens (tertiary/aromatic N) is 2. The molecule has 2 aliphatic rings. The second kappa shape index (κ2) is 8.94. The first-order valence-corrected chi connectivity index (χ1v) is 9.81. The van der Waals surface area contributed by atoms with Gasteiger partial charge in [-0.25, -0.2) is 4.79 Å². The summed E-state index contributed by atoms with van der Waals surface area (Å²) in [6.07, 6.45) is 3.75. The predicted molar refractivity (Wildman–Crippen MR) is 106 cm³/mol. The molecule has 1 fully saturated rings. The van der Waals surface area contributed by atoms with Crippen molar-refractivity contribution in [3.8, 4) is 6.07 Å². The molecular formula is C22H27N3O3. The first-order chi connectivity index (χ1) is 13.5. The summed E-state index contributed by atoms with van der Waals surface area (Å²) in [4.78, 5) is 15.1. The number of likely N-dealkylation sites (tertiary alicyclic amines) is 1. The second-order valence-corrected chi connectivity index (χ2v) is 7.20. The molecule has 1 saturated heterocycles. The number of nitrogens with two attached hydrogens (primary N) is 1. The number of ether oxygens (including phenoxy) is 2. The Bertz CT molecular complexity index is 845. The normalized spacial score (nSPS) is 20.5. The molecule has 0 bridgehead atoms. The highest BCUT2D eigenvalue weighted by Crippen LogP contribution is 2.39. The number of carbonyl (C=O) groups excluding carboxylic acids is 1. The Morgan fingerprint density at radius 3 is 2.79 bits per heavy atom. The van der Waals surface area contributed by atoms with Crippen LogP contribution in [0, 0.1) is 11.3 Å². The van der Waals surface area contributed by atoms with Crippen molar-refractivity contribution in [1.82, 2.24) is 4.90 Å². The van der Waals surface area contributed by atoms with E-state index < -0.39 is 11.9 Å². The number of benzene rings is 1. The van der Waals surface area contributed by atoms with Crippen molar-refractivity contribution in [3.63, 3.8) is 0 Å². The SMILES string of the molecule is CCOC(=O)C1=C(C)OC(N)=C(C#N)C1c1cccc(CN2CCCCC2)c1. The smallest absolute Gasteiger partial charge is 0.338 e. The number of hydrogen-bond donors (Lipinski definition) is 1. The molecule has 0 radical (unpaired) electrons. The van der Waals surface area contributed by atoms with E-state index in [1.807, 2.05) is 12.1 Å². The van der Waals surface area contributed by atoms with E-state index >= 15 is 0 Å². The molecule has 0 amide bonds. The Morgan fingerprint density at radius 1 is 1.36 bits per heavy atom. The van der Waals surface area contributed by atoms with Crippen molar-refractivity contribution in [2.75, 3.05) is 19.7 Å². The lowest BCUT2D eigenvalue weighted by Crippen LogP contribution is -2.29. The molecule has 2 aliphatic heterocycles. The lowest BCUT2D eigenvalue weighted by atomic mass is 9.82. The minimum atomic E-state index is -0.584. The van der Waals surface area contributed by atoms with Crippen LogP contribution in [-0.2, 0) is 20.8 Å². The molecule has 6 heteroatoms. The van der Waals surface area contributed by atoms with Crippen LogP contribution in [0.15, 0.2) is 47.1 Å². The lowest BCUT2D eigenvalue weighted by molar-refractivity contribution is -0.139. The van der Waals surface area contributed by atoms with E-state index in [0.717, 1.165) is 30.8 Å². The van der Waals surface area contributed by atoms with Gasteiger partial charge in [0.1, 0.15) is 17.4 Å². The van der Waals surface area contributed by atoms with Crippen molar-refractivity contribution in [3.05, 3.63) is 58.2 Å². The fraction of sp³-hybridized carbons (Fsp3) is 0.455. The molecule has 1 aromatic carbocycles. The Hall–Kier alpha value is -2.78. The molecule has 2 heterocycles. The van der Waals surface area contributed by atoms with Crippen molar-refractivity contribution in [2.24, 2.45) is 5.73 Å². The first-order valence-electron chi connectivity index (χ1n) is 9.81. The van der Waals surface area contributed by atoms with E-state index in [4.69, 9.17) is 15.2 Å². The van der Waals surface area contributed by atoms with Gasteiger partial charge in [-0.15, -0.1) is 0 Å². The van der Waals surface area contributed by atoms with Gasteiger partial charge in [0.05, 0.1) is 18.1 Å². The third kappa shape index (κ3) is 4.20. The first kappa shape index (κ1) is 20.0. The van der Waals surface area contributed by atoms with Crippen LogP contribution in [0.3, 0.4) is 0 Å². The van der Waals surface area contributed by atoms with Crippen LogP contribution in [-0.4, -0.2) is 30.6 Å². The van der Waals surface area contributed by atoms with E-state index in [-0.39, 0.29) is 18.1 Å². The summed E-state index contributed by atoms with van der Waals surface area (Å²) in [6.45, 7) is 6.74. The van der Waals surface area contributed by atoms with E-state index in [9.17, 15) is 10.1 Å². The van der Waals surface area contributed by atoms with Gasteiger partial charge in [-0.05, 0) is 50.9 Å². The fourth-order valence-electron chi connectivity index (χ4n) is 3.93. The van der Waals surface area contributed by atoms with Gasteiger partial charge in [-0.1, -0.05) is 30.7 Å². The molecule has 1 aromatic rings. The van der Waals surface area contributed by atoms with E-state index in [1.165, 1.54) is 19.3 Å². The van der Waals surface area contributed by atoms with Crippen LogP contribution < -0.4 is 5.73 Å². The quantitative estimate of drug-likeness (QED) is 0.787. The van der Waals surface area contributed by atoms with Crippen molar-refractivity contribution in [1.29, 1.82) is 5.26 Å². The molecule has 0 spiro atoms. The highest BCUT2D eigenvalue weighted by Gasteiger charge is 2.36. The molecule has 148 valence electrons. The van der Waals surface area contributed by atoms with Gasteiger partial charge in [-0.3, -0.25) is 4.90 Å². The molecule has 0 saturated carbocycles.